The molecule has 0 unspecified atom stereocenters. The number of sulfonamides is 1. The van der Waals surface area contributed by atoms with Crippen LogP contribution in [-0.4, -0.2) is 37.1 Å². The Morgan fingerprint density at radius 2 is 2.14 bits per heavy atom. The van der Waals surface area contributed by atoms with Gasteiger partial charge in [0, 0.05) is 18.6 Å². The molecule has 1 aromatic rings. The van der Waals surface area contributed by atoms with Gasteiger partial charge in [0.2, 0.25) is 10.0 Å². The molecule has 2 rings (SSSR count). The molecule has 0 saturated heterocycles. The summed E-state index contributed by atoms with van der Waals surface area (Å²) in [6.45, 7) is 5.64. The third-order valence-electron chi connectivity index (χ3n) is 3.61. The van der Waals surface area contributed by atoms with E-state index in [1.54, 1.807) is 15.6 Å². The predicted octanol–water partition coefficient (Wildman–Crippen LogP) is 2.82. The first-order chi connectivity index (χ1) is 9.99. The van der Waals surface area contributed by atoms with E-state index in [1.165, 1.54) is 0 Å². The van der Waals surface area contributed by atoms with Gasteiger partial charge in [-0.1, -0.05) is 13.8 Å². The van der Waals surface area contributed by atoms with E-state index in [-0.39, 0.29) is 11.8 Å². The zero-order valence-electron chi connectivity index (χ0n) is 12.9. The molecule has 1 fully saturated rings. The number of hydrogen-bond donors (Lipinski definition) is 1. The van der Waals surface area contributed by atoms with Gasteiger partial charge in [-0.05, 0) is 54.6 Å². The lowest BCUT2D eigenvalue weighted by Gasteiger charge is -2.21. The van der Waals surface area contributed by atoms with Crippen molar-refractivity contribution in [2.45, 2.75) is 58.2 Å². The number of rotatable bonds is 10. The molecule has 1 aromatic heterocycles. The van der Waals surface area contributed by atoms with E-state index in [1.807, 2.05) is 16.8 Å². The first kappa shape index (κ1) is 16.9. The van der Waals surface area contributed by atoms with Crippen molar-refractivity contribution >= 4 is 21.4 Å². The highest BCUT2D eigenvalue weighted by molar-refractivity contribution is 7.89. The SMILES string of the molecule is CC(C)NCCCCS(=O)(=O)N(Cc1ccsc1)C1CC1. The van der Waals surface area contributed by atoms with Crippen LogP contribution in [0.3, 0.4) is 0 Å². The molecule has 0 radical (unpaired) electrons. The smallest absolute Gasteiger partial charge is 0.214 e. The number of nitrogens with zero attached hydrogens (tertiary/aromatic N) is 1. The Labute approximate surface area is 132 Å². The number of unbranched alkanes of at least 4 members (excludes halogenated alkanes) is 1. The zero-order chi connectivity index (χ0) is 15.3. The highest BCUT2D eigenvalue weighted by atomic mass is 32.2. The summed E-state index contributed by atoms with van der Waals surface area (Å²) in [5, 5.41) is 7.37. The summed E-state index contributed by atoms with van der Waals surface area (Å²) in [6, 6.07) is 2.72. The summed E-state index contributed by atoms with van der Waals surface area (Å²) in [5.74, 6) is 0.271. The van der Waals surface area contributed by atoms with E-state index in [2.05, 4.69) is 19.2 Å². The molecular weight excluding hydrogens is 304 g/mol. The van der Waals surface area contributed by atoms with Crippen molar-refractivity contribution in [1.82, 2.24) is 9.62 Å². The van der Waals surface area contributed by atoms with E-state index in [0.717, 1.165) is 37.8 Å². The zero-order valence-corrected chi connectivity index (χ0v) is 14.5. The minimum Gasteiger partial charge on any atom is -0.315 e. The lowest BCUT2D eigenvalue weighted by Crippen LogP contribution is -2.34. The van der Waals surface area contributed by atoms with Crippen LogP contribution in [0, 0.1) is 0 Å². The van der Waals surface area contributed by atoms with E-state index in [9.17, 15) is 8.42 Å². The molecule has 0 aromatic carbocycles. The van der Waals surface area contributed by atoms with E-state index >= 15 is 0 Å². The first-order valence-corrected chi connectivity index (χ1v) is 10.3. The maximum absolute atomic E-state index is 12.5. The molecule has 1 saturated carbocycles. The van der Waals surface area contributed by atoms with Crippen molar-refractivity contribution in [1.29, 1.82) is 0 Å². The Kier molecular flexibility index (Phi) is 6.22. The third-order valence-corrected chi connectivity index (χ3v) is 6.29. The standard InChI is InChI=1S/C15H26N2O2S2/c1-13(2)16-8-3-4-10-21(18,19)17(15-5-6-15)11-14-7-9-20-12-14/h7,9,12-13,15-16H,3-6,8,10-11H2,1-2H3. The van der Waals surface area contributed by atoms with Crippen LogP contribution in [0.2, 0.25) is 0 Å². The van der Waals surface area contributed by atoms with Crippen LogP contribution in [0.15, 0.2) is 16.8 Å². The highest BCUT2D eigenvalue weighted by Crippen LogP contribution is 2.31. The predicted molar refractivity (Wildman–Crippen MR) is 89.0 cm³/mol. The summed E-state index contributed by atoms with van der Waals surface area (Å²) in [7, 11) is -3.13. The first-order valence-electron chi connectivity index (χ1n) is 7.73. The van der Waals surface area contributed by atoms with Gasteiger partial charge in [0.05, 0.1) is 5.75 Å². The van der Waals surface area contributed by atoms with Crippen LogP contribution >= 0.6 is 11.3 Å². The molecule has 0 atom stereocenters. The largest absolute Gasteiger partial charge is 0.315 e. The van der Waals surface area contributed by atoms with Crippen molar-refractivity contribution < 1.29 is 8.42 Å². The Bertz CT molecular complexity index is 508. The van der Waals surface area contributed by atoms with E-state index in [4.69, 9.17) is 0 Å². The lowest BCUT2D eigenvalue weighted by molar-refractivity contribution is 0.397. The van der Waals surface area contributed by atoms with Crippen LogP contribution < -0.4 is 5.32 Å². The van der Waals surface area contributed by atoms with Gasteiger partial charge in [-0.3, -0.25) is 0 Å². The molecule has 21 heavy (non-hydrogen) atoms. The quantitative estimate of drug-likeness (QED) is 0.671. The highest BCUT2D eigenvalue weighted by Gasteiger charge is 2.36. The minimum atomic E-state index is -3.13. The molecular formula is C15H26N2O2S2. The number of nitrogens with one attached hydrogen (secondary N) is 1. The van der Waals surface area contributed by atoms with Crippen LogP contribution in [-0.2, 0) is 16.6 Å². The Morgan fingerprint density at radius 1 is 1.38 bits per heavy atom. The summed E-state index contributed by atoms with van der Waals surface area (Å²) in [5.41, 5.74) is 1.11. The molecule has 0 aliphatic heterocycles. The van der Waals surface area contributed by atoms with Crippen molar-refractivity contribution in [3.63, 3.8) is 0 Å². The van der Waals surface area contributed by atoms with Crippen LogP contribution in [0.4, 0.5) is 0 Å². The molecule has 0 bridgehead atoms. The topological polar surface area (TPSA) is 49.4 Å². The summed E-state index contributed by atoms with van der Waals surface area (Å²) in [6.07, 6.45) is 3.67. The molecule has 1 heterocycles. The third kappa shape index (κ3) is 5.70. The second-order valence-electron chi connectivity index (χ2n) is 6.04. The summed E-state index contributed by atoms with van der Waals surface area (Å²) < 4.78 is 26.8. The van der Waals surface area contributed by atoms with Gasteiger partial charge in [-0.15, -0.1) is 0 Å². The van der Waals surface area contributed by atoms with Crippen LogP contribution in [0.25, 0.3) is 0 Å². The van der Waals surface area contributed by atoms with Gasteiger partial charge >= 0.3 is 0 Å². The second kappa shape index (κ2) is 7.72. The Morgan fingerprint density at radius 3 is 2.71 bits per heavy atom. The van der Waals surface area contributed by atoms with E-state index < -0.39 is 10.0 Å². The molecule has 120 valence electrons. The Balaban J connectivity index is 1.83. The fourth-order valence-electron chi connectivity index (χ4n) is 2.30. The summed E-state index contributed by atoms with van der Waals surface area (Å²) in [4.78, 5) is 0. The fraction of sp³-hybridized carbons (Fsp3) is 0.733. The van der Waals surface area contributed by atoms with Gasteiger partial charge in [0.1, 0.15) is 0 Å². The number of thiophene rings is 1. The van der Waals surface area contributed by atoms with Gasteiger partial charge in [0.25, 0.3) is 0 Å². The fourth-order valence-corrected chi connectivity index (χ4v) is 4.77. The van der Waals surface area contributed by atoms with Crippen molar-refractivity contribution in [3.05, 3.63) is 22.4 Å². The number of hydrogen-bond acceptors (Lipinski definition) is 4. The van der Waals surface area contributed by atoms with Gasteiger partial charge in [-0.2, -0.15) is 15.6 Å². The molecule has 1 aliphatic carbocycles. The van der Waals surface area contributed by atoms with Gasteiger partial charge in [0.15, 0.2) is 0 Å². The molecule has 1 aliphatic rings. The minimum absolute atomic E-state index is 0.240. The monoisotopic (exact) mass is 330 g/mol. The average Bonchev–Trinajstić information content (AvgIpc) is 3.11. The Hall–Kier alpha value is -0.430. The molecule has 1 N–H and O–H groups in total. The van der Waals surface area contributed by atoms with Gasteiger partial charge < -0.3 is 5.32 Å². The van der Waals surface area contributed by atoms with Crippen molar-refractivity contribution in [2.75, 3.05) is 12.3 Å². The molecule has 0 spiro atoms. The average molecular weight is 331 g/mol. The van der Waals surface area contributed by atoms with Crippen molar-refractivity contribution in [3.8, 4) is 0 Å². The van der Waals surface area contributed by atoms with E-state index in [0.29, 0.717) is 12.6 Å². The second-order valence-corrected chi connectivity index (χ2v) is 8.86. The lowest BCUT2D eigenvalue weighted by atomic mass is 10.3. The normalized spacial score (nSPS) is 16.0. The molecule has 4 nitrogen and oxygen atoms in total. The van der Waals surface area contributed by atoms with Crippen molar-refractivity contribution in [2.24, 2.45) is 0 Å². The maximum Gasteiger partial charge on any atom is 0.214 e. The summed E-state index contributed by atoms with van der Waals surface area (Å²) >= 11 is 1.62. The maximum atomic E-state index is 12.5. The van der Waals surface area contributed by atoms with Crippen LogP contribution in [0.1, 0.15) is 45.1 Å². The van der Waals surface area contributed by atoms with Gasteiger partial charge in [-0.25, -0.2) is 8.42 Å². The molecule has 0 amide bonds. The van der Waals surface area contributed by atoms with Crippen LogP contribution in [0.5, 0.6) is 0 Å². The molecule has 6 heteroatoms.